The van der Waals surface area contributed by atoms with Crippen molar-refractivity contribution in [1.82, 2.24) is 0 Å². The lowest BCUT2D eigenvalue weighted by Gasteiger charge is -2.30. The van der Waals surface area contributed by atoms with Gasteiger partial charge in [-0.3, -0.25) is 9.98 Å². The number of hydrogen-bond acceptors (Lipinski definition) is 6. The number of carbonyl (C=O) groups excluding carboxylic acids is 1. The van der Waals surface area contributed by atoms with Crippen LogP contribution in [0.4, 0.5) is 0 Å². The van der Waals surface area contributed by atoms with Crippen LogP contribution in [0.3, 0.4) is 0 Å². The van der Waals surface area contributed by atoms with Crippen LogP contribution in [-0.4, -0.2) is 40.8 Å². The Balaban J connectivity index is 2.11. The topological polar surface area (TPSA) is 91.5 Å². The fraction of sp³-hybridized carbons (Fsp3) is 0.192. The van der Waals surface area contributed by atoms with Gasteiger partial charge in [0.15, 0.2) is 5.54 Å². The van der Waals surface area contributed by atoms with E-state index in [4.69, 9.17) is 4.74 Å². The van der Waals surface area contributed by atoms with E-state index < -0.39 is 17.6 Å². The Morgan fingerprint density at radius 3 is 2.00 bits per heavy atom. The fourth-order valence-electron chi connectivity index (χ4n) is 3.26. The van der Waals surface area contributed by atoms with Gasteiger partial charge < -0.3 is 14.9 Å². The van der Waals surface area contributed by atoms with E-state index in [1.165, 1.54) is 12.4 Å². The number of hydrogen-bond donors (Lipinski definition) is 2. The van der Waals surface area contributed by atoms with Gasteiger partial charge in [-0.1, -0.05) is 54.6 Å². The summed E-state index contributed by atoms with van der Waals surface area (Å²) in [5, 5.41) is 20.3. The number of rotatable bonds is 8. The summed E-state index contributed by atoms with van der Waals surface area (Å²) in [5.74, 6) is -0.412. The number of nitrogens with zero attached hydrogens (tertiary/aromatic N) is 2. The molecule has 3 aromatic carbocycles. The minimum Gasteiger partial charge on any atom is -0.507 e. The van der Waals surface area contributed by atoms with E-state index in [0.717, 1.165) is 5.56 Å². The van der Waals surface area contributed by atoms with Gasteiger partial charge in [0, 0.05) is 23.6 Å². The highest BCUT2D eigenvalue weighted by Crippen LogP contribution is 2.35. The van der Waals surface area contributed by atoms with Gasteiger partial charge in [-0.25, -0.2) is 4.79 Å². The highest BCUT2D eigenvalue weighted by Gasteiger charge is 2.43. The zero-order valence-electron chi connectivity index (χ0n) is 18.1. The number of phenols is 2. The largest absolute Gasteiger partial charge is 0.507 e. The summed E-state index contributed by atoms with van der Waals surface area (Å²) in [7, 11) is 0. The standard InChI is InChI=1S/C26H26N2O4/c1-3-32-25(31)26(2,28-18-21-14-8-10-16-23(21)30)24(19-11-5-4-6-12-19)27-17-20-13-7-9-15-22(20)29/h4-18,24,29-30H,3H2,1-2H3/t24-,26+/m0/s1. The van der Waals surface area contributed by atoms with Gasteiger partial charge in [-0.15, -0.1) is 0 Å². The smallest absolute Gasteiger partial charge is 0.336 e. The van der Waals surface area contributed by atoms with Gasteiger partial charge in [-0.2, -0.15) is 0 Å². The van der Waals surface area contributed by atoms with E-state index in [1.54, 1.807) is 62.4 Å². The molecule has 0 aliphatic carbocycles. The van der Waals surface area contributed by atoms with Crippen LogP contribution in [0.5, 0.6) is 11.5 Å². The monoisotopic (exact) mass is 430 g/mol. The van der Waals surface area contributed by atoms with Gasteiger partial charge in [0.25, 0.3) is 0 Å². The average molecular weight is 431 g/mol. The first-order valence-electron chi connectivity index (χ1n) is 10.3. The molecule has 0 fully saturated rings. The number of carbonyl (C=O) groups is 1. The quantitative estimate of drug-likeness (QED) is 0.400. The molecule has 6 heteroatoms. The summed E-state index contributed by atoms with van der Waals surface area (Å²) in [6, 6.07) is 22.1. The second kappa shape index (κ2) is 10.4. The van der Waals surface area contributed by atoms with Crippen molar-refractivity contribution in [3.8, 4) is 11.5 Å². The van der Waals surface area contributed by atoms with Gasteiger partial charge in [0.1, 0.15) is 17.5 Å². The van der Waals surface area contributed by atoms with Gasteiger partial charge in [-0.05, 0) is 43.7 Å². The average Bonchev–Trinajstić information content (AvgIpc) is 2.80. The van der Waals surface area contributed by atoms with Crippen molar-refractivity contribution in [3.05, 3.63) is 95.6 Å². The van der Waals surface area contributed by atoms with Crippen molar-refractivity contribution in [2.75, 3.05) is 6.61 Å². The number of aliphatic imine (C=N–C) groups is 2. The maximum Gasteiger partial charge on any atom is 0.336 e. The summed E-state index contributed by atoms with van der Waals surface area (Å²) >= 11 is 0. The Labute approximate surface area is 187 Å². The minimum atomic E-state index is -1.43. The molecule has 2 N–H and O–H groups in total. The number of esters is 1. The van der Waals surface area contributed by atoms with Crippen LogP contribution in [0.1, 0.15) is 36.6 Å². The summed E-state index contributed by atoms with van der Waals surface area (Å²) in [4.78, 5) is 22.4. The number of para-hydroxylation sites is 2. The zero-order valence-corrected chi connectivity index (χ0v) is 18.1. The summed E-state index contributed by atoms with van der Waals surface area (Å²) in [6.07, 6.45) is 2.98. The predicted molar refractivity (Wildman–Crippen MR) is 126 cm³/mol. The molecular weight excluding hydrogens is 404 g/mol. The van der Waals surface area contributed by atoms with E-state index in [9.17, 15) is 15.0 Å². The van der Waals surface area contributed by atoms with E-state index in [2.05, 4.69) is 9.98 Å². The van der Waals surface area contributed by atoms with Crippen LogP contribution >= 0.6 is 0 Å². The van der Waals surface area contributed by atoms with Crippen LogP contribution in [0, 0.1) is 0 Å². The molecule has 6 nitrogen and oxygen atoms in total. The third kappa shape index (κ3) is 5.21. The Bertz CT molecular complexity index is 1110. The minimum absolute atomic E-state index is 0.0522. The van der Waals surface area contributed by atoms with Crippen LogP contribution < -0.4 is 0 Å². The third-order valence-corrected chi connectivity index (χ3v) is 5.04. The van der Waals surface area contributed by atoms with Crippen molar-refractivity contribution in [1.29, 1.82) is 0 Å². The third-order valence-electron chi connectivity index (χ3n) is 5.04. The molecule has 0 aromatic heterocycles. The van der Waals surface area contributed by atoms with Crippen LogP contribution in [0.2, 0.25) is 0 Å². The summed E-state index contributed by atoms with van der Waals surface area (Å²) in [6.45, 7) is 3.57. The van der Waals surface area contributed by atoms with Crippen molar-refractivity contribution in [2.24, 2.45) is 9.98 Å². The molecule has 0 bridgehead atoms. The SMILES string of the molecule is CCOC(=O)[C@](C)(N=Cc1ccccc1O)[C@@H](N=Cc1ccccc1O)c1ccccc1. The molecule has 32 heavy (non-hydrogen) atoms. The second-order valence-corrected chi connectivity index (χ2v) is 7.34. The van der Waals surface area contributed by atoms with Crippen molar-refractivity contribution in [2.45, 2.75) is 25.4 Å². The molecular formula is C26H26N2O4. The molecule has 0 unspecified atom stereocenters. The van der Waals surface area contributed by atoms with E-state index in [1.807, 2.05) is 30.3 Å². The molecule has 0 amide bonds. The molecule has 164 valence electrons. The second-order valence-electron chi connectivity index (χ2n) is 7.34. The van der Waals surface area contributed by atoms with Crippen LogP contribution in [0.15, 0.2) is 88.8 Å². The predicted octanol–water partition coefficient (Wildman–Crippen LogP) is 4.70. The van der Waals surface area contributed by atoms with E-state index in [-0.39, 0.29) is 18.1 Å². The van der Waals surface area contributed by atoms with E-state index >= 15 is 0 Å². The van der Waals surface area contributed by atoms with Gasteiger partial charge in [0.05, 0.1) is 6.61 Å². The first-order valence-corrected chi connectivity index (χ1v) is 10.3. The molecule has 3 aromatic rings. The molecule has 0 heterocycles. The Morgan fingerprint density at radius 1 is 0.906 bits per heavy atom. The van der Waals surface area contributed by atoms with E-state index in [0.29, 0.717) is 11.1 Å². The Morgan fingerprint density at radius 2 is 1.44 bits per heavy atom. The molecule has 0 saturated carbocycles. The Kier molecular flexibility index (Phi) is 7.39. The van der Waals surface area contributed by atoms with Gasteiger partial charge in [0.2, 0.25) is 0 Å². The number of ether oxygens (including phenoxy) is 1. The lowest BCUT2D eigenvalue weighted by atomic mass is 9.87. The number of phenolic OH excluding ortho intramolecular Hbond substituents is 2. The van der Waals surface area contributed by atoms with Crippen molar-refractivity contribution >= 4 is 18.4 Å². The molecule has 0 saturated heterocycles. The van der Waals surface area contributed by atoms with Crippen molar-refractivity contribution < 1.29 is 19.7 Å². The highest BCUT2D eigenvalue weighted by molar-refractivity contribution is 5.90. The molecule has 0 aliphatic rings. The molecule has 0 aliphatic heterocycles. The number of aromatic hydroxyl groups is 2. The maximum atomic E-state index is 13.1. The summed E-state index contributed by atoms with van der Waals surface area (Å²) < 4.78 is 5.37. The summed E-state index contributed by atoms with van der Waals surface area (Å²) in [5.41, 5.74) is 0.314. The first kappa shape index (κ1) is 22.7. The molecule has 3 rings (SSSR count). The molecule has 2 atom stereocenters. The lowest BCUT2D eigenvalue weighted by Crippen LogP contribution is -2.41. The highest BCUT2D eigenvalue weighted by atomic mass is 16.5. The van der Waals surface area contributed by atoms with Crippen LogP contribution in [0.25, 0.3) is 0 Å². The lowest BCUT2D eigenvalue weighted by molar-refractivity contribution is -0.149. The van der Waals surface area contributed by atoms with Crippen LogP contribution in [-0.2, 0) is 9.53 Å². The Hall–Kier alpha value is -3.93. The molecule has 0 spiro atoms. The normalized spacial score (nSPS) is 14.3. The van der Waals surface area contributed by atoms with Crippen molar-refractivity contribution in [3.63, 3.8) is 0 Å². The fourth-order valence-corrected chi connectivity index (χ4v) is 3.26. The maximum absolute atomic E-state index is 13.1. The number of benzene rings is 3. The zero-order chi connectivity index (χ0) is 23.0. The first-order chi connectivity index (χ1) is 15.5. The van der Waals surface area contributed by atoms with Gasteiger partial charge >= 0.3 is 5.97 Å². The molecule has 0 radical (unpaired) electrons.